The molecule has 0 aromatic heterocycles. The minimum atomic E-state index is -0.721. The van der Waals surface area contributed by atoms with Crippen molar-refractivity contribution >= 4 is 28.9 Å². The van der Waals surface area contributed by atoms with Gasteiger partial charge in [0.05, 0.1) is 17.9 Å². The van der Waals surface area contributed by atoms with Crippen molar-refractivity contribution in [3.63, 3.8) is 0 Å². The van der Waals surface area contributed by atoms with Gasteiger partial charge in [-0.05, 0) is 25.0 Å². The minimum absolute atomic E-state index is 0.120. The van der Waals surface area contributed by atoms with Crippen molar-refractivity contribution in [3.05, 3.63) is 71.8 Å². The monoisotopic (exact) mass is 430 g/mol. The first-order chi connectivity index (χ1) is 15.5. The number of rotatable bonds is 6. The molecule has 6 nitrogen and oxygen atoms in total. The topological polar surface area (TPSA) is 66.9 Å². The van der Waals surface area contributed by atoms with Crippen molar-refractivity contribution in [1.82, 2.24) is 4.90 Å². The number of amides is 2. The molecule has 2 aromatic carbocycles. The van der Waals surface area contributed by atoms with E-state index < -0.39 is 17.9 Å². The average Bonchev–Trinajstić information content (AvgIpc) is 3.28. The SMILES string of the molecule is COCCCN1C(=O)[C@H]2[C@H](C1=O)[C@H](C(=O)c1ccccc1)N1c3ccccc3C(C)=C[C@@H]21. The highest BCUT2D eigenvalue weighted by molar-refractivity contribution is 6.14. The van der Waals surface area contributed by atoms with Crippen LogP contribution < -0.4 is 4.90 Å². The first kappa shape index (κ1) is 20.6. The standard InChI is InChI=1S/C26H26N2O4/c1-16-15-20-21-22(26(31)27(25(21)30)13-8-14-32-2)23(24(29)17-9-4-3-5-10-17)28(20)19-12-7-6-11-18(16)19/h3-7,9-12,15,20-23H,8,13-14H2,1-2H3/t20-,21+,22-,23+/m0/s1. The molecule has 0 unspecified atom stereocenters. The highest BCUT2D eigenvalue weighted by Crippen LogP contribution is 2.50. The quantitative estimate of drug-likeness (QED) is 0.400. The molecule has 0 N–H and O–H groups in total. The first-order valence-electron chi connectivity index (χ1n) is 11.0. The summed E-state index contributed by atoms with van der Waals surface area (Å²) in [6, 6.07) is 15.9. The van der Waals surface area contributed by atoms with E-state index in [2.05, 4.69) is 6.08 Å². The molecule has 0 saturated carbocycles. The summed E-state index contributed by atoms with van der Waals surface area (Å²) >= 11 is 0. The van der Waals surface area contributed by atoms with Crippen LogP contribution in [0.5, 0.6) is 0 Å². The van der Waals surface area contributed by atoms with E-state index in [0.29, 0.717) is 25.1 Å². The van der Waals surface area contributed by atoms with Crippen LogP contribution in [0, 0.1) is 11.8 Å². The van der Waals surface area contributed by atoms with Gasteiger partial charge in [-0.15, -0.1) is 0 Å². The minimum Gasteiger partial charge on any atom is -0.385 e. The van der Waals surface area contributed by atoms with Gasteiger partial charge >= 0.3 is 0 Å². The second kappa shape index (κ2) is 8.02. The maximum Gasteiger partial charge on any atom is 0.235 e. The molecule has 0 bridgehead atoms. The number of benzene rings is 2. The molecule has 4 atom stereocenters. The van der Waals surface area contributed by atoms with E-state index in [4.69, 9.17) is 4.74 Å². The Kier molecular flexibility index (Phi) is 5.18. The molecule has 3 aliphatic heterocycles. The number of likely N-dealkylation sites (tertiary alicyclic amines) is 1. The Morgan fingerprint density at radius 1 is 0.969 bits per heavy atom. The van der Waals surface area contributed by atoms with Crippen molar-refractivity contribution in [3.8, 4) is 0 Å². The van der Waals surface area contributed by atoms with Crippen LogP contribution in [0.15, 0.2) is 60.7 Å². The molecule has 0 aliphatic carbocycles. The van der Waals surface area contributed by atoms with Gasteiger partial charge in [0, 0.05) is 37.1 Å². The number of allylic oxidation sites excluding steroid dienone is 1. The van der Waals surface area contributed by atoms with Crippen LogP contribution in [0.3, 0.4) is 0 Å². The van der Waals surface area contributed by atoms with Gasteiger partial charge in [0.1, 0.15) is 6.04 Å². The molecule has 6 heteroatoms. The second-order valence-electron chi connectivity index (χ2n) is 8.67. The van der Waals surface area contributed by atoms with Crippen LogP contribution in [-0.4, -0.2) is 54.8 Å². The lowest BCUT2D eigenvalue weighted by atomic mass is 9.85. The van der Waals surface area contributed by atoms with Crippen LogP contribution in [0.1, 0.15) is 29.3 Å². The number of ketones is 1. The van der Waals surface area contributed by atoms with Crippen molar-refractivity contribution in [2.75, 3.05) is 25.2 Å². The number of imide groups is 1. The zero-order chi connectivity index (χ0) is 22.4. The third-order valence-corrected chi connectivity index (χ3v) is 6.90. The highest BCUT2D eigenvalue weighted by Gasteiger charge is 2.64. The summed E-state index contributed by atoms with van der Waals surface area (Å²) in [5, 5.41) is 0. The summed E-state index contributed by atoms with van der Waals surface area (Å²) in [6.45, 7) is 2.81. The van der Waals surface area contributed by atoms with Crippen LogP contribution >= 0.6 is 0 Å². The van der Waals surface area contributed by atoms with Gasteiger partial charge < -0.3 is 9.64 Å². The van der Waals surface area contributed by atoms with E-state index in [0.717, 1.165) is 16.8 Å². The average molecular weight is 431 g/mol. The van der Waals surface area contributed by atoms with E-state index in [-0.39, 0.29) is 23.6 Å². The number of fused-ring (bicyclic) bond motifs is 5. The lowest BCUT2D eigenvalue weighted by Crippen LogP contribution is -2.49. The van der Waals surface area contributed by atoms with Crippen LogP contribution in [-0.2, 0) is 14.3 Å². The predicted octanol–water partition coefficient (Wildman–Crippen LogP) is 3.18. The van der Waals surface area contributed by atoms with Gasteiger partial charge in [-0.25, -0.2) is 0 Å². The van der Waals surface area contributed by atoms with Crippen LogP contribution in [0.2, 0.25) is 0 Å². The highest BCUT2D eigenvalue weighted by atomic mass is 16.5. The van der Waals surface area contributed by atoms with Gasteiger partial charge in [0.15, 0.2) is 5.78 Å². The molecule has 32 heavy (non-hydrogen) atoms. The van der Waals surface area contributed by atoms with Crippen molar-refractivity contribution < 1.29 is 19.1 Å². The molecule has 3 heterocycles. The van der Waals surface area contributed by atoms with E-state index in [1.807, 2.05) is 54.3 Å². The predicted molar refractivity (Wildman–Crippen MR) is 121 cm³/mol. The molecule has 3 aliphatic rings. The Morgan fingerprint density at radius 2 is 1.66 bits per heavy atom. The zero-order valence-electron chi connectivity index (χ0n) is 18.2. The summed E-state index contributed by atoms with van der Waals surface area (Å²) in [5.74, 6) is -1.81. The molecule has 2 amide bonds. The normalized spacial score (nSPS) is 26.0. The summed E-state index contributed by atoms with van der Waals surface area (Å²) < 4.78 is 5.10. The number of Topliss-reactive ketones (excluding diaryl/α,β-unsaturated/α-hetero) is 1. The lowest BCUT2D eigenvalue weighted by Gasteiger charge is -2.38. The molecule has 2 aromatic rings. The van der Waals surface area contributed by atoms with E-state index >= 15 is 0 Å². The molecule has 5 rings (SSSR count). The number of carbonyl (C=O) groups excluding carboxylic acids is 3. The fraction of sp³-hybridized carbons (Fsp3) is 0.346. The third-order valence-electron chi connectivity index (χ3n) is 6.90. The van der Waals surface area contributed by atoms with Gasteiger partial charge in [0.25, 0.3) is 0 Å². The number of hydrogen-bond donors (Lipinski definition) is 0. The molecule has 164 valence electrons. The van der Waals surface area contributed by atoms with Gasteiger partial charge in [0.2, 0.25) is 11.8 Å². The summed E-state index contributed by atoms with van der Waals surface area (Å²) in [4.78, 5) is 44.2. The van der Waals surface area contributed by atoms with Crippen molar-refractivity contribution in [2.45, 2.75) is 25.4 Å². The van der Waals surface area contributed by atoms with Gasteiger partial charge in [-0.1, -0.05) is 54.6 Å². The summed E-state index contributed by atoms with van der Waals surface area (Å²) in [6.07, 6.45) is 2.64. The van der Waals surface area contributed by atoms with E-state index in [9.17, 15) is 14.4 Å². The maximum atomic E-state index is 13.8. The Bertz CT molecular complexity index is 1110. The van der Waals surface area contributed by atoms with Gasteiger partial charge in [-0.3, -0.25) is 19.3 Å². The van der Waals surface area contributed by atoms with E-state index in [1.54, 1.807) is 19.2 Å². The van der Waals surface area contributed by atoms with Gasteiger partial charge in [-0.2, -0.15) is 0 Å². The number of carbonyl (C=O) groups is 3. The number of anilines is 1. The zero-order valence-corrected chi connectivity index (χ0v) is 18.2. The fourth-order valence-corrected chi connectivity index (χ4v) is 5.52. The van der Waals surface area contributed by atoms with Crippen molar-refractivity contribution in [1.29, 1.82) is 0 Å². The summed E-state index contributed by atoms with van der Waals surface area (Å²) in [5.41, 5.74) is 3.56. The molecule has 2 saturated heterocycles. The summed E-state index contributed by atoms with van der Waals surface area (Å²) in [7, 11) is 1.60. The first-order valence-corrected chi connectivity index (χ1v) is 11.0. The van der Waals surface area contributed by atoms with E-state index in [1.165, 1.54) is 4.90 Å². The maximum absolute atomic E-state index is 13.8. The Balaban J connectivity index is 1.61. The van der Waals surface area contributed by atoms with Crippen LogP contribution in [0.4, 0.5) is 5.69 Å². The third kappa shape index (κ3) is 3.01. The smallest absolute Gasteiger partial charge is 0.235 e. The molecule has 2 fully saturated rings. The molecule has 0 radical (unpaired) electrons. The number of para-hydroxylation sites is 1. The molecule has 0 spiro atoms. The number of ether oxygens (including phenoxy) is 1. The van der Waals surface area contributed by atoms with Crippen molar-refractivity contribution in [2.24, 2.45) is 11.8 Å². The largest absolute Gasteiger partial charge is 0.385 e. The second-order valence-corrected chi connectivity index (χ2v) is 8.67. The van der Waals surface area contributed by atoms with Crippen LogP contribution in [0.25, 0.3) is 5.57 Å². The fourth-order valence-electron chi connectivity index (χ4n) is 5.52. The Morgan fingerprint density at radius 3 is 2.41 bits per heavy atom. The molecular weight excluding hydrogens is 404 g/mol. The number of nitrogens with zero attached hydrogens (tertiary/aromatic N) is 2. The Labute approximate surface area is 187 Å². The molecular formula is C26H26N2O4. The Hall–Kier alpha value is -3.25. The lowest BCUT2D eigenvalue weighted by molar-refractivity contribution is -0.140. The number of hydrogen-bond acceptors (Lipinski definition) is 5. The number of methoxy groups -OCH3 is 1.